The van der Waals surface area contributed by atoms with Crippen LogP contribution in [0.15, 0.2) is 4.47 Å². The van der Waals surface area contributed by atoms with Crippen molar-refractivity contribution in [2.45, 2.75) is 66.4 Å². The highest BCUT2D eigenvalue weighted by molar-refractivity contribution is 9.10. The quantitative estimate of drug-likeness (QED) is 0.724. The number of piperidine rings is 1. The molecule has 0 aliphatic carbocycles. The lowest BCUT2D eigenvalue weighted by atomic mass is 9.77. The highest BCUT2D eigenvalue weighted by Gasteiger charge is 2.40. The first kappa shape index (κ1) is 20.4. The second-order valence-corrected chi connectivity index (χ2v) is 8.86. The van der Waals surface area contributed by atoms with Crippen LogP contribution in [0.3, 0.4) is 0 Å². The number of carbonyl (C=O) groups is 1. The molecule has 1 aliphatic heterocycles. The highest BCUT2D eigenvalue weighted by Crippen LogP contribution is 2.44. The summed E-state index contributed by atoms with van der Waals surface area (Å²) in [5, 5.41) is 11.2. The van der Waals surface area contributed by atoms with Gasteiger partial charge in [-0.2, -0.15) is 0 Å². The molecule has 1 aliphatic rings. The average molecular weight is 411 g/mol. The van der Waals surface area contributed by atoms with E-state index in [1.54, 1.807) is 0 Å². The van der Waals surface area contributed by atoms with Crippen LogP contribution in [0, 0.1) is 25.2 Å². The summed E-state index contributed by atoms with van der Waals surface area (Å²) < 4.78 is 0.883. The van der Waals surface area contributed by atoms with E-state index in [9.17, 15) is 9.90 Å². The summed E-state index contributed by atoms with van der Waals surface area (Å²) in [6, 6.07) is 0. The molecular weight excluding hydrogens is 380 g/mol. The van der Waals surface area contributed by atoms with Crippen LogP contribution in [-0.2, 0) is 10.4 Å². The highest BCUT2D eigenvalue weighted by atomic mass is 79.9. The van der Waals surface area contributed by atoms with E-state index in [1.807, 2.05) is 27.7 Å². The summed E-state index contributed by atoms with van der Waals surface area (Å²) >= 11 is 3.69. The third kappa shape index (κ3) is 3.63. The fourth-order valence-electron chi connectivity index (χ4n) is 3.69. The minimum atomic E-state index is -1.53. The molecular formula is C20H31BrN2O2. The van der Waals surface area contributed by atoms with Gasteiger partial charge >= 0.3 is 0 Å². The number of anilines is 1. The molecule has 1 N–H and O–H groups in total. The SMILES string of the molecule is CCC1(C)CCN(c2c(Br)c(C)nc(C)c2[C@](O)(C=O)C(C)C)CC1. The molecule has 0 amide bonds. The zero-order valence-electron chi connectivity index (χ0n) is 16.3. The topological polar surface area (TPSA) is 53.4 Å². The Bertz CT molecular complexity index is 652. The lowest BCUT2D eigenvalue weighted by Gasteiger charge is -2.43. The van der Waals surface area contributed by atoms with Crippen LogP contribution in [-0.4, -0.2) is 29.5 Å². The molecule has 0 saturated carbocycles. The van der Waals surface area contributed by atoms with Crippen LogP contribution in [0.4, 0.5) is 5.69 Å². The van der Waals surface area contributed by atoms with Gasteiger partial charge in [-0.25, -0.2) is 0 Å². The van der Waals surface area contributed by atoms with Gasteiger partial charge in [0.25, 0.3) is 0 Å². The Kier molecular flexibility index (Phi) is 5.99. The number of aryl methyl sites for hydroxylation is 2. The molecule has 0 radical (unpaired) electrons. The maximum Gasteiger partial charge on any atom is 0.156 e. The Balaban J connectivity index is 2.59. The Morgan fingerprint density at radius 1 is 1.32 bits per heavy atom. The Morgan fingerprint density at radius 3 is 2.32 bits per heavy atom. The number of carbonyl (C=O) groups excluding carboxylic acids is 1. The largest absolute Gasteiger partial charge is 0.377 e. The number of hydrogen-bond donors (Lipinski definition) is 1. The molecule has 0 bridgehead atoms. The van der Waals surface area contributed by atoms with Gasteiger partial charge in [0.15, 0.2) is 11.9 Å². The van der Waals surface area contributed by atoms with Gasteiger partial charge in [-0.3, -0.25) is 9.78 Å². The van der Waals surface area contributed by atoms with Crippen molar-refractivity contribution in [1.29, 1.82) is 0 Å². The zero-order chi connectivity index (χ0) is 19.0. The number of aromatic nitrogens is 1. The molecule has 1 saturated heterocycles. The fraction of sp³-hybridized carbons (Fsp3) is 0.700. The lowest BCUT2D eigenvalue weighted by Crippen LogP contribution is -2.42. The van der Waals surface area contributed by atoms with Gasteiger partial charge in [0.2, 0.25) is 0 Å². The van der Waals surface area contributed by atoms with E-state index in [0.717, 1.165) is 47.5 Å². The molecule has 1 atom stereocenters. The van der Waals surface area contributed by atoms with Crippen LogP contribution in [0.5, 0.6) is 0 Å². The molecule has 0 aromatic carbocycles. The third-order valence-corrected chi connectivity index (χ3v) is 7.01. The van der Waals surface area contributed by atoms with Crippen LogP contribution in [0.1, 0.15) is 63.9 Å². The summed E-state index contributed by atoms with van der Waals surface area (Å²) in [7, 11) is 0. The van der Waals surface area contributed by atoms with Crippen molar-refractivity contribution < 1.29 is 9.90 Å². The van der Waals surface area contributed by atoms with Gasteiger partial charge in [-0.1, -0.05) is 34.1 Å². The number of nitrogens with zero attached hydrogens (tertiary/aromatic N) is 2. The van der Waals surface area contributed by atoms with Crippen molar-refractivity contribution in [2.24, 2.45) is 11.3 Å². The van der Waals surface area contributed by atoms with E-state index in [-0.39, 0.29) is 5.92 Å². The smallest absolute Gasteiger partial charge is 0.156 e. The number of pyridine rings is 1. The van der Waals surface area contributed by atoms with Gasteiger partial charge in [0.1, 0.15) is 0 Å². The summed E-state index contributed by atoms with van der Waals surface area (Å²) in [6.07, 6.45) is 4.06. The van der Waals surface area contributed by atoms with Gasteiger partial charge in [0.05, 0.1) is 15.9 Å². The second kappa shape index (κ2) is 7.36. The molecule has 1 fully saturated rings. The minimum Gasteiger partial charge on any atom is -0.377 e. The van der Waals surface area contributed by atoms with E-state index in [1.165, 1.54) is 6.42 Å². The monoisotopic (exact) mass is 410 g/mol. The molecule has 1 aromatic rings. The molecule has 140 valence electrons. The van der Waals surface area contributed by atoms with Crippen molar-refractivity contribution in [3.8, 4) is 0 Å². The normalized spacial score (nSPS) is 19.8. The number of halogens is 1. The van der Waals surface area contributed by atoms with E-state index < -0.39 is 5.60 Å². The Morgan fingerprint density at radius 2 is 1.88 bits per heavy atom. The first-order chi connectivity index (χ1) is 11.6. The van der Waals surface area contributed by atoms with Gasteiger partial charge < -0.3 is 10.0 Å². The van der Waals surface area contributed by atoms with Crippen LogP contribution < -0.4 is 4.90 Å². The minimum absolute atomic E-state index is 0.232. The molecule has 25 heavy (non-hydrogen) atoms. The first-order valence-corrected chi connectivity index (χ1v) is 9.99. The Labute approximate surface area is 160 Å². The Hall–Kier alpha value is -0.940. The molecule has 5 heteroatoms. The van der Waals surface area contributed by atoms with E-state index >= 15 is 0 Å². The standard InChI is InChI=1S/C20H31BrN2O2/c1-7-19(6)8-10-23(11-9-19)18-16(20(25,12-24)13(2)3)14(4)22-15(5)17(18)21/h12-13,25H,7-11H2,1-6H3/t20-/m0/s1. The zero-order valence-corrected chi connectivity index (χ0v) is 17.9. The predicted molar refractivity (Wildman–Crippen MR) is 106 cm³/mol. The molecule has 1 aromatic heterocycles. The first-order valence-electron chi connectivity index (χ1n) is 9.20. The van der Waals surface area contributed by atoms with Crippen LogP contribution in [0.2, 0.25) is 0 Å². The number of aliphatic hydroxyl groups is 1. The number of aldehydes is 1. The molecule has 2 heterocycles. The summed E-state index contributed by atoms with van der Waals surface area (Å²) in [4.78, 5) is 18.8. The second-order valence-electron chi connectivity index (χ2n) is 8.07. The number of hydrogen-bond acceptors (Lipinski definition) is 4. The molecule has 4 nitrogen and oxygen atoms in total. The third-order valence-electron chi connectivity index (χ3n) is 6.06. The molecule has 0 unspecified atom stereocenters. The fourth-order valence-corrected chi connectivity index (χ4v) is 4.23. The molecule has 0 spiro atoms. The van der Waals surface area contributed by atoms with E-state index in [0.29, 0.717) is 17.3 Å². The lowest BCUT2D eigenvalue weighted by molar-refractivity contribution is -0.129. The van der Waals surface area contributed by atoms with Crippen LogP contribution >= 0.6 is 15.9 Å². The maximum atomic E-state index is 11.9. The van der Waals surface area contributed by atoms with E-state index in [4.69, 9.17) is 0 Å². The summed E-state index contributed by atoms with van der Waals surface area (Å²) in [6.45, 7) is 14.0. The predicted octanol–water partition coefficient (Wildman–Crippen LogP) is 4.52. The van der Waals surface area contributed by atoms with Crippen molar-refractivity contribution in [3.05, 3.63) is 21.4 Å². The van der Waals surface area contributed by atoms with E-state index in [2.05, 4.69) is 39.7 Å². The van der Waals surface area contributed by atoms with Crippen molar-refractivity contribution in [2.75, 3.05) is 18.0 Å². The average Bonchev–Trinajstić information content (AvgIpc) is 2.58. The van der Waals surface area contributed by atoms with Gasteiger partial charge in [0, 0.05) is 24.3 Å². The molecule has 2 rings (SSSR count). The van der Waals surface area contributed by atoms with Crippen molar-refractivity contribution in [3.63, 3.8) is 0 Å². The van der Waals surface area contributed by atoms with Gasteiger partial charge in [-0.05, 0) is 54.0 Å². The summed E-state index contributed by atoms with van der Waals surface area (Å²) in [5.41, 5.74) is 2.04. The van der Waals surface area contributed by atoms with Crippen molar-refractivity contribution >= 4 is 27.9 Å². The van der Waals surface area contributed by atoms with Crippen LogP contribution in [0.25, 0.3) is 0 Å². The number of rotatable bonds is 5. The summed E-state index contributed by atoms with van der Waals surface area (Å²) in [5.74, 6) is -0.232. The van der Waals surface area contributed by atoms with Crippen molar-refractivity contribution in [1.82, 2.24) is 4.98 Å². The maximum absolute atomic E-state index is 11.9. The van der Waals surface area contributed by atoms with Gasteiger partial charge in [-0.15, -0.1) is 0 Å².